The smallest absolute Gasteiger partial charge is 0.368 e. The van der Waals surface area contributed by atoms with Crippen molar-refractivity contribution in [3.8, 4) is 0 Å². The highest BCUT2D eigenvalue weighted by atomic mass is 19.4. The Balaban J connectivity index is 1.82. The second-order valence-electron chi connectivity index (χ2n) is 6.18. The molecule has 9 heteroatoms. The summed E-state index contributed by atoms with van der Waals surface area (Å²) in [6.07, 6.45) is -1.81. The number of hydrogen-bond acceptors (Lipinski definition) is 3. The third-order valence-corrected chi connectivity index (χ3v) is 4.40. The van der Waals surface area contributed by atoms with E-state index in [0.717, 1.165) is 12.1 Å². The van der Waals surface area contributed by atoms with Crippen LogP contribution in [0, 0.1) is 0 Å². The lowest BCUT2D eigenvalue weighted by molar-refractivity contribution is -0.137. The first-order valence-electron chi connectivity index (χ1n) is 8.03. The maximum Gasteiger partial charge on any atom is 0.416 e. The van der Waals surface area contributed by atoms with Crippen LogP contribution in [0.25, 0.3) is 0 Å². The summed E-state index contributed by atoms with van der Waals surface area (Å²) in [6, 6.07) is 5.24. The average Bonchev–Trinajstić information content (AvgIpc) is 3.02. The SMILES string of the molecule is NC(=O)CNC(=O)c1cnc2n1CC(c1cccc(C(F)(F)F)c1)CC2. The molecule has 1 aromatic heterocycles. The van der Waals surface area contributed by atoms with Crippen LogP contribution in [-0.4, -0.2) is 27.9 Å². The van der Waals surface area contributed by atoms with Crippen molar-refractivity contribution in [2.24, 2.45) is 5.73 Å². The fourth-order valence-electron chi connectivity index (χ4n) is 3.11. The van der Waals surface area contributed by atoms with Crippen LogP contribution in [0.4, 0.5) is 13.2 Å². The number of amides is 2. The molecule has 0 saturated heterocycles. The molecule has 1 aliphatic rings. The summed E-state index contributed by atoms with van der Waals surface area (Å²) >= 11 is 0. The number of benzene rings is 1. The van der Waals surface area contributed by atoms with Gasteiger partial charge in [-0.1, -0.05) is 18.2 Å². The summed E-state index contributed by atoms with van der Waals surface area (Å²) in [5.41, 5.74) is 5.16. The van der Waals surface area contributed by atoms with Gasteiger partial charge in [-0.2, -0.15) is 13.2 Å². The van der Waals surface area contributed by atoms with Crippen molar-refractivity contribution in [1.82, 2.24) is 14.9 Å². The predicted molar refractivity (Wildman–Crippen MR) is 86.3 cm³/mol. The van der Waals surface area contributed by atoms with Crippen LogP contribution in [0.5, 0.6) is 0 Å². The Morgan fingerprint density at radius 1 is 1.35 bits per heavy atom. The van der Waals surface area contributed by atoms with Crippen molar-refractivity contribution < 1.29 is 22.8 Å². The number of nitrogens with zero attached hydrogens (tertiary/aromatic N) is 2. The Labute approximate surface area is 147 Å². The topological polar surface area (TPSA) is 90.0 Å². The van der Waals surface area contributed by atoms with E-state index in [1.807, 2.05) is 0 Å². The largest absolute Gasteiger partial charge is 0.416 e. The highest BCUT2D eigenvalue weighted by molar-refractivity contribution is 5.94. The van der Waals surface area contributed by atoms with Gasteiger partial charge in [-0.05, 0) is 18.1 Å². The Kier molecular flexibility index (Phi) is 4.71. The minimum atomic E-state index is -4.40. The molecule has 1 aliphatic heterocycles. The van der Waals surface area contributed by atoms with Gasteiger partial charge in [-0.3, -0.25) is 9.59 Å². The van der Waals surface area contributed by atoms with Crippen LogP contribution in [0.15, 0.2) is 30.5 Å². The Morgan fingerprint density at radius 3 is 2.81 bits per heavy atom. The molecular formula is C17H17F3N4O2. The van der Waals surface area contributed by atoms with Gasteiger partial charge in [0.25, 0.3) is 5.91 Å². The molecule has 2 amide bonds. The van der Waals surface area contributed by atoms with Gasteiger partial charge in [-0.25, -0.2) is 4.98 Å². The lowest BCUT2D eigenvalue weighted by atomic mass is 9.90. The molecule has 1 aromatic carbocycles. The van der Waals surface area contributed by atoms with Crippen LogP contribution >= 0.6 is 0 Å². The van der Waals surface area contributed by atoms with Crippen molar-refractivity contribution in [2.45, 2.75) is 31.5 Å². The normalized spacial score (nSPS) is 16.8. The van der Waals surface area contributed by atoms with Gasteiger partial charge in [0.05, 0.1) is 18.3 Å². The van der Waals surface area contributed by atoms with Gasteiger partial charge in [0.15, 0.2) is 0 Å². The number of imidazole rings is 1. The van der Waals surface area contributed by atoms with E-state index in [-0.39, 0.29) is 18.2 Å². The van der Waals surface area contributed by atoms with Crippen molar-refractivity contribution in [2.75, 3.05) is 6.54 Å². The van der Waals surface area contributed by atoms with E-state index in [1.165, 1.54) is 12.3 Å². The maximum atomic E-state index is 12.9. The van der Waals surface area contributed by atoms with Gasteiger partial charge < -0.3 is 15.6 Å². The first kappa shape index (κ1) is 18.0. The fourth-order valence-corrected chi connectivity index (χ4v) is 3.11. The van der Waals surface area contributed by atoms with Crippen LogP contribution in [0.1, 0.15) is 39.8 Å². The number of carbonyl (C=O) groups excluding carboxylic acids is 2. The number of nitrogens with two attached hydrogens (primary N) is 1. The second kappa shape index (κ2) is 6.81. The summed E-state index contributed by atoms with van der Waals surface area (Å²) in [4.78, 5) is 27.2. The van der Waals surface area contributed by atoms with Gasteiger partial charge in [0.2, 0.25) is 5.91 Å². The lowest BCUT2D eigenvalue weighted by Crippen LogP contribution is -2.35. The molecule has 138 valence electrons. The standard InChI is InChI=1S/C17H17F3N4O2/c18-17(19,20)12-3-1-2-10(6-12)11-4-5-15-22-7-13(24(15)9-11)16(26)23-8-14(21)25/h1-3,6-7,11H,4-5,8-9H2,(H2,21,25)(H,23,26). The van der Waals surface area contributed by atoms with Crippen LogP contribution < -0.4 is 11.1 Å². The number of hydrogen-bond donors (Lipinski definition) is 2. The van der Waals surface area contributed by atoms with Gasteiger partial charge in [0, 0.05) is 18.9 Å². The van der Waals surface area contributed by atoms with E-state index in [4.69, 9.17) is 5.73 Å². The molecule has 1 unspecified atom stereocenters. The molecule has 3 rings (SSSR count). The minimum absolute atomic E-state index is 0.165. The van der Waals surface area contributed by atoms with Crippen molar-refractivity contribution in [3.05, 3.63) is 53.1 Å². The van der Waals surface area contributed by atoms with E-state index < -0.39 is 23.6 Å². The zero-order chi connectivity index (χ0) is 18.9. The molecule has 3 N–H and O–H groups in total. The lowest BCUT2D eigenvalue weighted by Gasteiger charge is -2.26. The number of aryl methyl sites for hydroxylation is 1. The monoisotopic (exact) mass is 366 g/mol. The molecule has 0 aliphatic carbocycles. The van der Waals surface area contributed by atoms with Crippen molar-refractivity contribution >= 4 is 11.8 Å². The molecule has 0 bridgehead atoms. The quantitative estimate of drug-likeness (QED) is 0.865. The molecule has 0 saturated carbocycles. The van der Waals surface area contributed by atoms with Gasteiger partial charge in [0.1, 0.15) is 11.5 Å². The fraction of sp³-hybridized carbons (Fsp3) is 0.353. The second-order valence-corrected chi connectivity index (χ2v) is 6.18. The molecule has 2 aromatic rings. The summed E-state index contributed by atoms with van der Waals surface area (Å²) in [7, 11) is 0. The Hall–Kier alpha value is -2.84. The molecule has 1 atom stereocenters. The van der Waals surface area contributed by atoms with Gasteiger partial charge >= 0.3 is 6.18 Å². The molecular weight excluding hydrogens is 349 g/mol. The highest BCUT2D eigenvalue weighted by Crippen LogP contribution is 2.34. The third-order valence-electron chi connectivity index (χ3n) is 4.40. The number of nitrogens with one attached hydrogen (secondary N) is 1. The summed E-state index contributed by atoms with van der Waals surface area (Å²) in [5, 5.41) is 2.40. The molecule has 0 spiro atoms. The third kappa shape index (κ3) is 3.71. The van der Waals surface area contributed by atoms with E-state index in [0.29, 0.717) is 30.8 Å². The number of fused-ring (bicyclic) bond motifs is 1. The highest BCUT2D eigenvalue weighted by Gasteiger charge is 2.32. The van der Waals surface area contributed by atoms with E-state index >= 15 is 0 Å². The molecule has 6 nitrogen and oxygen atoms in total. The first-order chi connectivity index (χ1) is 12.3. The summed E-state index contributed by atoms with van der Waals surface area (Å²) < 4.78 is 40.5. The van der Waals surface area contributed by atoms with Crippen molar-refractivity contribution in [3.63, 3.8) is 0 Å². The molecule has 0 fully saturated rings. The number of alkyl halides is 3. The molecule has 26 heavy (non-hydrogen) atoms. The van der Waals surface area contributed by atoms with Crippen LogP contribution in [-0.2, 0) is 23.9 Å². The number of aromatic nitrogens is 2. The predicted octanol–water partition coefficient (Wildman–Crippen LogP) is 1.85. The van der Waals surface area contributed by atoms with Gasteiger partial charge in [-0.15, -0.1) is 0 Å². The Morgan fingerprint density at radius 2 is 2.12 bits per heavy atom. The maximum absolute atomic E-state index is 12.9. The van der Waals surface area contributed by atoms with E-state index in [1.54, 1.807) is 10.6 Å². The molecule has 0 radical (unpaired) electrons. The van der Waals surface area contributed by atoms with Crippen molar-refractivity contribution in [1.29, 1.82) is 0 Å². The zero-order valence-electron chi connectivity index (χ0n) is 13.7. The number of halogens is 3. The first-order valence-corrected chi connectivity index (χ1v) is 8.03. The summed E-state index contributed by atoms with van der Waals surface area (Å²) in [5.74, 6) is -0.634. The average molecular weight is 366 g/mol. The minimum Gasteiger partial charge on any atom is -0.368 e. The zero-order valence-corrected chi connectivity index (χ0v) is 13.7. The number of primary amides is 1. The van der Waals surface area contributed by atoms with E-state index in [2.05, 4.69) is 10.3 Å². The van der Waals surface area contributed by atoms with E-state index in [9.17, 15) is 22.8 Å². The summed E-state index contributed by atoms with van der Waals surface area (Å²) in [6.45, 7) is 0.0480. The van der Waals surface area contributed by atoms with Crippen LogP contribution in [0.2, 0.25) is 0 Å². The number of rotatable bonds is 4. The van der Waals surface area contributed by atoms with Crippen LogP contribution in [0.3, 0.4) is 0 Å². The molecule has 2 heterocycles. The number of carbonyl (C=O) groups is 2. The Bertz CT molecular complexity index is 845.